The van der Waals surface area contributed by atoms with Crippen molar-refractivity contribution < 1.29 is 4.74 Å². The molecular weight excluding hydrogens is 164 g/mol. The summed E-state index contributed by atoms with van der Waals surface area (Å²) in [5, 5.41) is 6.70. The highest BCUT2D eigenvalue weighted by atomic mass is 16.5. The summed E-state index contributed by atoms with van der Waals surface area (Å²) >= 11 is 0. The van der Waals surface area contributed by atoms with E-state index >= 15 is 0 Å². The molecule has 0 aliphatic heterocycles. The highest BCUT2D eigenvalue weighted by Gasteiger charge is 1.88. The molecule has 0 aromatic rings. The fourth-order valence-electron chi connectivity index (χ4n) is 1.05. The standard InChI is InChI=1S/C10H24N2O/c1-3-6-11-7-5-8-12-9-10-13-4-2/h11-12H,3-10H2,1-2H3. The summed E-state index contributed by atoms with van der Waals surface area (Å²) in [4.78, 5) is 0. The molecule has 0 aromatic heterocycles. The Morgan fingerprint density at radius 2 is 1.62 bits per heavy atom. The van der Waals surface area contributed by atoms with Crippen molar-refractivity contribution in [2.24, 2.45) is 0 Å². The molecule has 3 nitrogen and oxygen atoms in total. The van der Waals surface area contributed by atoms with E-state index in [1.54, 1.807) is 0 Å². The first kappa shape index (κ1) is 12.9. The Kier molecular flexibility index (Phi) is 11.8. The Morgan fingerprint density at radius 3 is 2.23 bits per heavy atom. The van der Waals surface area contributed by atoms with Crippen molar-refractivity contribution in [3.63, 3.8) is 0 Å². The Bertz CT molecular complexity index is 79.0. The third-order valence-corrected chi connectivity index (χ3v) is 1.76. The van der Waals surface area contributed by atoms with Crippen molar-refractivity contribution in [2.45, 2.75) is 26.7 Å². The summed E-state index contributed by atoms with van der Waals surface area (Å²) in [5.41, 5.74) is 0. The maximum atomic E-state index is 5.20. The minimum atomic E-state index is 0.819. The molecule has 0 rings (SSSR count). The summed E-state index contributed by atoms with van der Waals surface area (Å²) in [6.45, 7) is 10.2. The van der Waals surface area contributed by atoms with Crippen molar-refractivity contribution in [3.8, 4) is 0 Å². The smallest absolute Gasteiger partial charge is 0.0590 e. The number of hydrogen-bond acceptors (Lipinski definition) is 3. The lowest BCUT2D eigenvalue weighted by molar-refractivity contribution is 0.149. The van der Waals surface area contributed by atoms with E-state index in [4.69, 9.17) is 4.74 Å². The molecular formula is C10H24N2O. The summed E-state index contributed by atoms with van der Waals surface area (Å²) in [7, 11) is 0. The first-order valence-corrected chi connectivity index (χ1v) is 5.41. The highest BCUT2D eigenvalue weighted by Crippen LogP contribution is 1.76. The van der Waals surface area contributed by atoms with Crippen LogP contribution in [0.15, 0.2) is 0 Å². The van der Waals surface area contributed by atoms with Crippen LogP contribution in [0.1, 0.15) is 26.7 Å². The van der Waals surface area contributed by atoms with Crippen LogP contribution in [0, 0.1) is 0 Å². The summed E-state index contributed by atoms with van der Waals surface area (Å²) < 4.78 is 5.20. The van der Waals surface area contributed by atoms with E-state index < -0.39 is 0 Å². The Balaban J connectivity index is 2.76. The molecule has 0 amide bonds. The predicted octanol–water partition coefficient (Wildman–Crippen LogP) is 1.00. The molecule has 0 unspecified atom stereocenters. The minimum Gasteiger partial charge on any atom is -0.380 e. The zero-order valence-electron chi connectivity index (χ0n) is 9.07. The average Bonchev–Trinajstić information content (AvgIpc) is 2.16. The lowest BCUT2D eigenvalue weighted by atomic mass is 10.4. The van der Waals surface area contributed by atoms with E-state index in [0.29, 0.717) is 0 Å². The summed E-state index contributed by atoms with van der Waals surface area (Å²) in [5.74, 6) is 0. The minimum absolute atomic E-state index is 0.819. The molecule has 3 heteroatoms. The maximum absolute atomic E-state index is 5.20. The molecule has 0 fully saturated rings. The van der Waals surface area contributed by atoms with E-state index in [9.17, 15) is 0 Å². The van der Waals surface area contributed by atoms with Crippen LogP contribution in [0.5, 0.6) is 0 Å². The van der Waals surface area contributed by atoms with Gasteiger partial charge in [-0.1, -0.05) is 6.92 Å². The summed E-state index contributed by atoms with van der Waals surface area (Å²) in [6, 6.07) is 0. The second-order valence-corrected chi connectivity index (χ2v) is 3.05. The van der Waals surface area contributed by atoms with Gasteiger partial charge in [-0.05, 0) is 39.4 Å². The number of hydrogen-bond donors (Lipinski definition) is 2. The van der Waals surface area contributed by atoms with Crippen LogP contribution in [-0.4, -0.2) is 39.4 Å². The number of nitrogens with one attached hydrogen (secondary N) is 2. The molecule has 0 aromatic carbocycles. The van der Waals surface area contributed by atoms with Crippen molar-refractivity contribution in [1.82, 2.24) is 10.6 Å². The maximum Gasteiger partial charge on any atom is 0.0590 e. The third kappa shape index (κ3) is 11.9. The molecule has 0 aliphatic rings. The fraction of sp³-hybridized carbons (Fsp3) is 1.00. The number of rotatable bonds is 10. The van der Waals surface area contributed by atoms with Crippen molar-refractivity contribution in [3.05, 3.63) is 0 Å². The summed E-state index contributed by atoms with van der Waals surface area (Å²) in [6.07, 6.45) is 2.42. The lowest BCUT2D eigenvalue weighted by Gasteiger charge is -2.05. The molecule has 0 aliphatic carbocycles. The molecule has 0 heterocycles. The Morgan fingerprint density at radius 1 is 0.923 bits per heavy atom. The van der Waals surface area contributed by atoms with Crippen LogP contribution >= 0.6 is 0 Å². The van der Waals surface area contributed by atoms with Gasteiger partial charge in [0.25, 0.3) is 0 Å². The van der Waals surface area contributed by atoms with Crippen molar-refractivity contribution >= 4 is 0 Å². The van der Waals surface area contributed by atoms with Gasteiger partial charge in [0.2, 0.25) is 0 Å². The highest BCUT2D eigenvalue weighted by molar-refractivity contribution is 4.50. The fourth-order valence-corrected chi connectivity index (χ4v) is 1.05. The second kappa shape index (κ2) is 11.9. The lowest BCUT2D eigenvalue weighted by Crippen LogP contribution is -2.25. The normalized spacial score (nSPS) is 10.6. The first-order valence-electron chi connectivity index (χ1n) is 5.41. The molecule has 0 atom stereocenters. The first-order chi connectivity index (χ1) is 6.41. The van der Waals surface area contributed by atoms with Crippen LogP contribution in [0.3, 0.4) is 0 Å². The predicted molar refractivity (Wildman–Crippen MR) is 57.1 cm³/mol. The van der Waals surface area contributed by atoms with Crippen molar-refractivity contribution in [2.75, 3.05) is 39.4 Å². The molecule has 80 valence electrons. The van der Waals surface area contributed by atoms with Crippen LogP contribution < -0.4 is 10.6 Å². The van der Waals surface area contributed by atoms with Gasteiger partial charge < -0.3 is 15.4 Å². The van der Waals surface area contributed by atoms with Crippen LogP contribution in [0.4, 0.5) is 0 Å². The molecule has 0 saturated heterocycles. The molecule has 0 radical (unpaired) electrons. The van der Waals surface area contributed by atoms with Gasteiger partial charge in [0.15, 0.2) is 0 Å². The van der Waals surface area contributed by atoms with E-state index in [1.807, 2.05) is 6.92 Å². The van der Waals surface area contributed by atoms with Gasteiger partial charge in [0.1, 0.15) is 0 Å². The van der Waals surface area contributed by atoms with Crippen LogP contribution in [0.2, 0.25) is 0 Å². The van der Waals surface area contributed by atoms with Crippen molar-refractivity contribution in [1.29, 1.82) is 0 Å². The average molecular weight is 188 g/mol. The van der Waals surface area contributed by atoms with E-state index in [0.717, 1.165) is 39.4 Å². The molecule has 0 saturated carbocycles. The van der Waals surface area contributed by atoms with Gasteiger partial charge in [0, 0.05) is 13.2 Å². The quantitative estimate of drug-likeness (QED) is 0.502. The van der Waals surface area contributed by atoms with E-state index in [-0.39, 0.29) is 0 Å². The van der Waals surface area contributed by atoms with E-state index in [2.05, 4.69) is 17.6 Å². The zero-order valence-corrected chi connectivity index (χ0v) is 9.07. The van der Waals surface area contributed by atoms with Gasteiger partial charge in [-0.25, -0.2) is 0 Å². The molecule has 13 heavy (non-hydrogen) atoms. The topological polar surface area (TPSA) is 33.3 Å². The largest absolute Gasteiger partial charge is 0.380 e. The SMILES string of the molecule is CCCNCCCNCCOCC. The second-order valence-electron chi connectivity index (χ2n) is 3.05. The number of ether oxygens (including phenoxy) is 1. The Labute approximate surface area is 82.2 Å². The van der Waals surface area contributed by atoms with Gasteiger partial charge in [0.05, 0.1) is 6.61 Å². The van der Waals surface area contributed by atoms with E-state index in [1.165, 1.54) is 12.8 Å². The monoisotopic (exact) mass is 188 g/mol. The van der Waals surface area contributed by atoms with Crippen LogP contribution in [0.25, 0.3) is 0 Å². The molecule has 2 N–H and O–H groups in total. The molecule has 0 bridgehead atoms. The van der Waals surface area contributed by atoms with Crippen LogP contribution in [-0.2, 0) is 4.74 Å². The Hall–Kier alpha value is -0.120. The molecule has 0 spiro atoms. The van der Waals surface area contributed by atoms with Gasteiger partial charge in [-0.15, -0.1) is 0 Å². The van der Waals surface area contributed by atoms with Gasteiger partial charge in [-0.2, -0.15) is 0 Å². The van der Waals surface area contributed by atoms with Gasteiger partial charge in [-0.3, -0.25) is 0 Å². The van der Waals surface area contributed by atoms with Gasteiger partial charge >= 0.3 is 0 Å². The zero-order chi connectivity index (χ0) is 9.78. The third-order valence-electron chi connectivity index (χ3n) is 1.76.